The molecule has 0 spiro atoms. The third-order valence-electron chi connectivity index (χ3n) is 2.57. The zero-order chi connectivity index (χ0) is 12.7. The second-order valence-corrected chi connectivity index (χ2v) is 4.98. The highest BCUT2D eigenvalue weighted by molar-refractivity contribution is 7.15. The Morgan fingerprint density at radius 3 is 2.72 bits per heavy atom. The van der Waals surface area contributed by atoms with Gasteiger partial charge in [0.25, 0.3) is 0 Å². The first-order valence-corrected chi connectivity index (χ1v) is 6.37. The van der Waals surface area contributed by atoms with Crippen molar-refractivity contribution in [2.75, 3.05) is 0 Å². The van der Waals surface area contributed by atoms with Crippen molar-refractivity contribution in [2.45, 2.75) is 0 Å². The zero-order valence-electron chi connectivity index (χ0n) is 9.00. The van der Waals surface area contributed by atoms with Gasteiger partial charge < -0.3 is 5.11 Å². The molecule has 0 saturated heterocycles. The highest BCUT2D eigenvalue weighted by atomic mass is 35.5. The maximum atomic E-state index is 11.0. The van der Waals surface area contributed by atoms with Crippen molar-refractivity contribution in [1.82, 2.24) is 9.38 Å². The molecule has 0 bridgehead atoms. The van der Waals surface area contributed by atoms with Crippen LogP contribution in [-0.4, -0.2) is 20.5 Å². The minimum atomic E-state index is -0.957. The Labute approximate surface area is 111 Å². The van der Waals surface area contributed by atoms with E-state index in [-0.39, 0.29) is 5.69 Å². The van der Waals surface area contributed by atoms with Crippen LogP contribution in [0, 0.1) is 0 Å². The van der Waals surface area contributed by atoms with Crippen LogP contribution >= 0.6 is 22.9 Å². The van der Waals surface area contributed by atoms with Gasteiger partial charge in [0.1, 0.15) is 5.69 Å². The fraction of sp³-hybridized carbons (Fsp3) is 0. The number of benzene rings is 1. The number of halogens is 1. The molecule has 0 saturated carbocycles. The van der Waals surface area contributed by atoms with Gasteiger partial charge in [-0.25, -0.2) is 9.78 Å². The molecule has 2 aromatic heterocycles. The second-order valence-electron chi connectivity index (χ2n) is 3.71. The summed E-state index contributed by atoms with van der Waals surface area (Å²) >= 11 is 7.13. The molecule has 0 aliphatic rings. The Kier molecular flexibility index (Phi) is 2.57. The van der Waals surface area contributed by atoms with Crippen molar-refractivity contribution < 1.29 is 9.90 Å². The third kappa shape index (κ3) is 1.77. The van der Waals surface area contributed by atoms with Crippen LogP contribution in [0.1, 0.15) is 10.5 Å². The number of aromatic nitrogens is 2. The van der Waals surface area contributed by atoms with E-state index in [4.69, 9.17) is 16.7 Å². The molecule has 1 aromatic carbocycles. The highest BCUT2D eigenvalue weighted by Crippen LogP contribution is 2.24. The van der Waals surface area contributed by atoms with E-state index in [9.17, 15) is 4.79 Å². The van der Waals surface area contributed by atoms with Gasteiger partial charge in [-0.15, -0.1) is 11.3 Å². The molecule has 0 radical (unpaired) electrons. The fourth-order valence-electron chi connectivity index (χ4n) is 1.70. The lowest BCUT2D eigenvalue weighted by molar-refractivity contribution is 0.0689. The minimum Gasteiger partial charge on any atom is -0.477 e. The third-order valence-corrected chi connectivity index (χ3v) is 3.66. The molecular formula is C12H7ClN2O2S. The molecule has 0 fully saturated rings. The summed E-state index contributed by atoms with van der Waals surface area (Å²) in [5.74, 6) is -0.957. The predicted octanol–water partition coefficient (Wildman–Crippen LogP) is 3.41. The number of nitrogens with zero attached hydrogens (tertiary/aromatic N) is 2. The maximum absolute atomic E-state index is 11.0. The first kappa shape index (κ1) is 11.3. The quantitative estimate of drug-likeness (QED) is 0.781. The number of carboxylic acids is 1. The molecule has 0 aliphatic carbocycles. The molecule has 18 heavy (non-hydrogen) atoms. The Morgan fingerprint density at radius 2 is 2.06 bits per heavy atom. The number of rotatable bonds is 2. The number of thiazole rings is 1. The number of fused-ring (bicyclic) bond motifs is 1. The predicted molar refractivity (Wildman–Crippen MR) is 70.5 cm³/mol. The van der Waals surface area contributed by atoms with Gasteiger partial charge in [-0.2, -0.15) is 0 Å². The van der Waals surface area contributed by atoms with Gasteiger partial charge in [-0.3, -0.25) is 4.40 Å². The van der Waals surface area contributed by atoms with Crippen molar-refractivity contribution >= 4 is 33.9 Å². The van der Waals surface area contributed by atoms with Gasteiger partial charge in [0.05, 0.1) is 5.69 Å². The van der Waals surface area contributed by atoms with E-state index in [0.717, 1.165) is 11.3 Å². The molecule has 0 unspecified atom stereocenters. The molecule has 0 atom stereocenters. The summed E-state index contributed by atoms with van der Waals surface area (Å²) in [6.45, 7) is 0. The molecule has 0 amide bonds. The SMILES string of the molecule is O=C(O)c1csc2nc(-c3ccc(Cl)cc3)cn12. The van der Waals surface area contributed by atoms with Crippen molar-refractivity contribution in [3.63, 3.8) is 0 Å². The average molecular weight is 279 g/mol. The Bertz CT molecular complexity index is 730. The van der Waals surface area contributed by atoms with Gasteiger partial charge in [0.2, 0.25) is 0 Å². The summed E-state index contributed by atoms with van der Waals surface area (Å²) in [7, 11) is 0. The van der Waals surface area contributed by atoms with Crippen molar-refractivity contribution in [1.29, 1.82) is 0 Å². The van der Waals surface area contributed by atoms with E-state index >= 15 is 0 Å². The minimum absolute atomic E-state index is 0.225. The molecule has 6 heteroatoms. The zero-order valence-corrected chi connectivity index (χ0v) is 10.6. The van der Waals surface area contributed by atoms with Crippen molar-refractivity contribution in [2.24, 2.45) is 0 Å². The van der Waals surface area contributed by atoms with Crippen LogP contribution in [0.3, 0.4) is 0 Å². The first-order valence-electron chi connectivity index (χ1n) is 5.11. The van der Waals surface area contributed by atoms with Crippen LogP contribution in [0.4, 0.5) is 0 Å². The lowest BCUT2D eigenvalue weighted by Gasteiger charge is -1.95. The first-order chi connectivity index (χ1) is 8.65. The summed E-state index contributed by atoms with van der Waals surface area (Å²) in [4.78, 5) is 16.1. The lowest BCUT2D eigenvalue weighted by atomic mass is 10.2. The number of carbonyl (C=O) groups is 1. The molecule has 4 nitrogen and oxygen atoms in total. The topological polar surface area (TPSA) is 54.6 Å². The van der Waals surface area contributed by atoms with E-state index < -0.39 is 5.97 Å². The summed E-state index contributed by atoms with van der Waals surface area (Å²) in [5.41, 5.74) is 1.87. The van der Waals surface area contributed by atoms with E-state index in [1.807, 2.05) is 12.1 Å². The van der Waals surface area contributed by atoms with E-state index in [1.165, 1.54) is 11.3 Å². The average Bonchev–Trinajstić information content (AvgIpc) is 2.88. The van der Waals surface area contributed by atoms with E-state index in [0.29, 0.717) is 9.98 Å². The Morgan fingerprint density at radius 1 is 1.33 bits per heavy atom. The second kappa shape index (κ2) is 4.12. The maximum Gasteiger partial charge on any atom is 0.353 e. The highest BCUT2D eigenvalue weighted by Gasteiger charge is 2.13. The van der Waals surface area contributed by atoms with Crippen molar-refractivity contribution in [3.05, 3.63) is 46.6 Å². The van der Waals surface area contributed by atoms with Gasteiger partial charge >= 0.3 is 5.97 Å². The Hall–Kier alpha value is -1.85. The van der Waals surface area contributed by atoms with Gasteiger partial charge in [-0.05, 0) is 12.1 Å². The number of hydrogen-bond donors (Lipinski definition) is 1. The smallest absolute Gasteiger partial charge is 0.353 e. The van der Waals surface area contributed by atoms with Crippen LogP contribution in [0.25, 0.3) is 16.2 Å². The van der Waals surface area contributed by atoms with E-state index in [1.54, 1.807) is 28.1 Å². The Balaban J connectivity index is 2.13. The molecule has 2 heterocycles. The molecule has 90 valence electrons. The number of imidazole rings is 1. The largest absolute Gasteiger partial charge is 0.477 e. The van der Waals surface area contributed by atoms with Crippen LogP contribution < -0.4 is 0 Å². The van der Waals surface area contributed by atoms with Crippen molar-refractivity contribution in [3.8, 4) is 11.3 Å². The van der Waals surface area contributed by atoms with Crippen LogP contribution in [0.2, 0.25) is 5.02 Å². The van der Waals surface area contributed by atoms with Gasteiger partial charge in [-0.1, -0.05) is 23.7 Å². The summed E-state index contributed by atoms with van der Waals surface area (Å²) < 4.78 is 1.58. The van der Waals surface area contributed by atoms with Crippen LogP contribution in [0.15, 0.2) is 35.8 Å². The normalized spacial score (nSPS) is 10.9. The molecule has 1 N–H and O–H groups in total. The standard InChI is InChI=1S/C12H7ClN2O2S/c13-8-3-1-7(2-4-8)9-5-15-10(11(16)17)6-18-12(15)14-9/h1-6H,(H,16,17). The summed E-state index contributed by atoms with van der Waals surface area (Å²) in [5, 5.41) is 11.3. The van der Waals surface area contributed by atoms with Crippen LogP contribution in [0.5, 0.6) is 0 Å². The molecule has 0 aliphatic heterocycles. The molecule has 3 rings (SSSR count). The van der Waals surface area contributed by atoms with Gasteiger partial charge in [0, 0.05) is 22.2 Å². The number of aromatic carboxylic acids is 1. The monoisotopic (exact) mass is 278 g/mol. The molecular weight excluding hydrogens is 272 g/mol. The number of carboxylic acid groups (broad SMARTS) is 1. The van der Waals surface area contributed by atoms with Gasteiger partial charge in [0.15, 0.2) is 4.96 Å². The summed E-state index contributed by atoms with van der Waals surface area (Å²) in [6, 6.07) is 7.27. The van der Waals surface area contributed by atoms with E-state index in [2.05, 4.69) is 4.98 Å². The van der Waals surface area contributed by atoms with Crippen LogP contribution in [-0.2, 0) is 0 Å². The lowest BCUT2D eigenvalue weighted by Crippen LogP contribution is -1.99. The summed E-state index contributed by atoms with van der Waals surface area (Å²) in [6.07, 6.45) is 1.72. The molecule has 3 aromatic rings. The fourth-order valence-corrected chi connectivity index (χ4v) is 2.67. The number of hydrogen-bond acceptors (Lipinski definition) is 3.